The molecule has 0 unspecified atom stereocenters. The van der Waals surface area contributed by atoms with Crippen molar-refractivity contribution in [3.8, 4) is 0 Å². The molecule has 0 aliphatic heterocycles. The molecule has 0 aromatic carbocycles. The molecule has 4 N–H and O–H groups in total. The first-order valence-electron chi connectivity index (χ1n) is 3.17. The van der Waals surface area contributed by atoms with Crippen molar-refractivity contribution < 1.29 is 34.8 Å². The minimum absolute atomic E-state index is 0.275. The second-order valence-corrected chi connectivity index (χ2v) is 2.24. The van der Waals surface area contributed by atoms with Crippen LogP contribution in [0, 0.1) is 0 Å². The third-order valence-corrected chi connectivity index (χ3v) is 1.31. The number of aldehydes is 1. The van der Waals surface area contributed by atoms with Crippen LogP contribution in [0.5, 0.6) is 0 Å². The number of aliphatic carboxylic acids is 1. The zero-order valence-corrected chi connectivity index (χ0v) is 6.32. The lowest BCUT2D eigenvalue weighted by molar-refractivity contribution is -0.161. The van der Waals surface area contributed by atoms with Crippen LogP contribution in [0.25, 0.3) is 0 Å². The molecule has 0 aliphatic rings. The number of hydrogen-bond donors (Lipinski definition) is 4. The first-order valence-corrected chi connectivity index (χ1v) is 3.17. The maximum atomic E-state index is 10.4. The largest absolute Gasteiger partial charge is 0.479 e. The van der Waals surface area contributed by atoms with E-state index in [-0.39, 0.29) is 6.29 Å². The highest BCUT2D eigenvalue weighted by atomic mass is 16.4. The van der Waals surface area contributed by atoms with E-state index in [0.717, 1.165) is 0 Å². The van der Waals surface area contributed by atoms with Gasteiger partial charge in [0.15, 0.2) is 12.4 Å². The highest BCUT2D eigenvalue weighted by Crippen LogP contribution is 2.00. The number of carbonyl (C=O) groups excluding carboxylic acids is 2. The van der Waals surface area contributed by atoms with Crippen molar-refractivity contribution in [2.75, 3.05) is 0 Å². The summed E-state index contributed by atoms with van der Waals surface area (Å²) in [5.74, 6) is -3.20. The molecule has 0 saturated carbocycles. The fourth-order valence-corrected chi connectivity index (χ4v) is 0.557. The number of rotatable bonds is 5. The molecule has 0 aliphatic carbocycles. The summed E-state index contributed by atoms with van der Waals surface area (Å²) < 4.78 is 0. The summed E-state index contributed by atoms with van der Waals surface area (Å²) in [5, 5.41) is 34.3. The van der Waals surface area contributed by atoms with E-state index in [2.05, 4.69) is 0 Å². The van der Waals surface area contributed by atoms with Crippen LogP contribution in [-0.4, -0.2) is 56.8 Å². The second-order valence-electron chi connectivity index (χ2n) is 2.24. The van der Waals surface area contributed by atoms with E-state index >= 15 is 0 Å². The van der Waals surface area contributed by atoms with Crippen LogP contribution in [0.2, 0.25) is 0 Å². The van der Waals surface area contributed by atoms with Gasteiger partial charge >= 0.3 is 5.97 Å². The highest BCUT2D eigenvalue weighted by molar-refractivity contribution is 6.27. The Labute approximate surface area is 72.2 Å². The first kappa shape index (κ1) is 11.7. The molecule has 0 saturated heterocycles. The second kappa shape index (κ2) is 4.65. The lowest BCUT2D eigenvalue weighted by Gasteiger charge is -2.16. The molecule has 3 atom stereocenters. The molecule has 7 nitrogen and oxygen atoms in total. The van der Waals surface area contributed by atoms with Gasteiger partial charge < -0.3 is 20.4 Å². The van der Waals surface area contributed by atoms with Gasteiger partial charge in [-0.15, -0.1) is 0 Å². The van der Waals surface area contributed by atoms with E-state index < -0.39 is 30.1 Å². The molecule has 0 aromatic heterocycles. The van der Waals surface area contributed by atoms with Crippen molar-refractivity contribution in [3.05, 3.63) is 0 Å². The molecular formula is C6H8O7. The zero-order chi connectivity index (χ0) is 10.6. The van der Waals surface area contributed by atoms with Crippen LogP contribution in [0.3, 0.4) is 0 Å². The van der Waals surface area contributed by atoms with Crippen molar-refractivity contribution >= 4 is 18.0 Å². The molecule has 0 bridgehead atoms. The fourth-order valence-electron chi connectivity index (χ4n) is 0.557. The molecule has 0 rings (SSSR count). The van der Waals surface area contributed by atoms with Crippen LogP contribution < -0.4 is 0 Å². The third kappa shape index (κ3) is 2.90. The number of aliphatic hydroxyl groups is 3. The molecule has 0 radical (unpaired) electrons. The Morgan fingerprint density at radius 1 is 1.08 bits per heavy atom. The van der Waals surface area contributed by atoms with E-state index in [1.165, 1.54) is 0 Å². The number of carboxylic acid groups (broad SMARTS) is 1. The summed E-state index contributed by atoms with van der Waals surface area (Å²) in [6.07, 6.45) is -7.01. The van der Waals surface area contributed by atoms with Crippen molar-refractivity contribution in [1.29, 1.82) is 0 Å². The van der Waals surface area contributed by atoms with Gasteiger partial charge in [-0.25, -0.2) is 4.79 Å². The SMILES string of the molecule is O=CC(=O)[C@@H](O)[C@@H](O)[C@H](O)C(=O)O. The van der Waals surface area contributed by atoms with E-state index in [0.29, 0.717) is 0 Å². The maximum Gasteiger partial charge on any atom is 0.335 e. The van der Waals surface area contributed by atoms with Crippen LogP contribution in [0.1, 0.15) is 0 Å². The summed E-state index contributed by atoms with van der Waals surface area (Å²) in [6.45, 7) is 0. The van der Waals surface area contributed by atoms with E-state index in [4.69, 9.17) is 20.4 Å². The Balaban J connectivity index is 4.41. The number of aliphatic hydroxyl groups excluding tert-OH is 3. The summed E-state index contributed by atoms with van der Waals surface area (Å²) in [5.41, 5.74) is 0. The Bertz CT molecular complexity index is 223. The molecule has 0 aromatic rings. The average molecular weight is 192 g/mol. The van der Waals surface area contributed by atoms with Crippen molar-refractivity contribution in [2.45, 2.75) is 18.3 Å². The predicted molar refractivity (Wildman–Crippen MR) is 36.7 cm³/mol. The van der Waals surface area contributed by atoms with Crippen LogP contribution >= 0.6 is 0 Å². The summed E-state index contributed by atoms with van der Waals surface area (Å²) in [6, 6.07) is 0. The Hall–Kier alpha value is -1.31. The zero-order valence-electron chi connectivity index (χ0n) is 6.32. The summed E-state index contributed by atoms with van der Waals surface area (Å²) in [4.78, 5) is 30.2. The van der Waals surface area contributed by atoms with Crippen molar-refractivity contribution in [3.63, 3.8) is 0 Å². The Morgan fingerprint density at radius 2 is 1.54 bits per heavy atom. The van der Waals surface area contributed by atoms with Gasteiger partial charge in [-0.1, -0.05) is 0 Å². The van der Waals surface area contributed by atoms with Crippen LogP contribution in [0.4, 0.5) is 0 Å². The molecule has 13 heavy (non-hydrogen) atoms. The minimum Gasteiger partial charge on any atom is -0.479 e. The van der Waals surface area contributed by atoms with Gasteiger partial charge in [-0.2, -0.15) is 0 Å². The summed E-state index contributed by atoms with van der Waals surface area (Å²) >= 11 is 0. The lowest BCUT2D eigenvalue weighted by atomic mass is 10.1. The topological polar surface area (TPSA) is 132 Å². The number of Topliss-reactive ketones (excluding diaryl/α,β-unsaturated/α-hetero) is 1. The third-order valence-electron chi connectivity index (χ3n) is 1.31. The average Bonchev–Trinajstić information content (AvgIpc) is 2.12. The molecular weight excluding hydrogens is 184 g/mol. The van der Waals surface area contributed by atoms with Crippen LogP contribution in [-0.2, 0) is 14.4 Å². The Morgan fingerprint density at radius 3 is 1.85 bits per heavy atom. The molecule has 74 valence electrons. The molecule has 0 fully saturated rings. The predicted octanol–water partition coefficient (Wildman–Crippen LogP) is -3.08. The quantitative estimate of drug-likeness (QED) is 0.268. The van der Waals surface area contributed by atoms with E-state index in [9.17, 15) is 14.4 Å². The van der Waals surface area contributed by atoms with Gasteiger partial charge in [0.25, 0.3) is 0 Å². The van der Waals surface area contributed by atoms with Crippen LogP contribution in [0.15, 0.2) is 0 Å². The maximum absolute atomic E-state index is 10.4. The van der Waals surface area contributed by atoms with Gasteiger partial charge in [-0.3, -0.25) is 9.59 Å². The lowest BCUT2D eigenvalue weighted by Crippen LogP contribution is -2.46. The van der Waals surface area contributed by atoms with E-state index in [1.807, 2.05) is 0 Å². The first-order chi connectivity index (χ1) is 5.91. The number of hydrogen-bond acceptors (Lipinski definition) is 6. The van der Waals surface area contributed by atoms with Gasteiger partial charge in [0, 0.05) is 0 Å². The normalized spacial score (nSPS) is 17.2. The number of ketones is 1. The van der Waals surface area contributed by atoms with Gasteiger partial charge in [0.2, 0.25) is 5.78 Å². The van der Waals surface area contributed by atoms with Gasteiger partial charge in [0.1, 0.15) is 12.2 Å². The molecule has 0 amide bonds. The van der Waals surface area contributed by atoms with E-state index in [1.54, 1.807) is 0 Å². The van der Waals surface area contributed by atoms with Crippen molar-refractivity contribution in [2.24, 2.45) is 0 Å². The Kier molecular flexibility index (Phi) is 4.18. The minimum atomic E-state index is -2.31. The summed E-state index contributed by atoms with van der Waals surface area (Å²) in [7, 11) is 0. The molecule has 0 heterocycles. The standard InChI is InChI=1S/C6H8O7/c7-1-2(8)3(9)4(10)5(11)6(12)13/h1,3-5,9-11H,(H,12,13)/t3-,4-,5+/m1/s1. The number of carboxylic acids is 1. The van der Waals surface area contributed by atoms with Crippen molar-refractivity contribution in [1.82, 2.24) is 0 Å². The number of carbonyl (C=O) groups is 3. The highest BCUT2D eigenvalue weighted by Gasteiger charge is 2.33. The smallest absolute Gasteiger partial charge is 0.335 e. The molecule has 0 spiro atoms. The van der Waals surface area contributed by atoms with Gasteiger partial charge in [-0.05, 0) is 0 Å². The molecule has 7 heteroatoms. The monoisotopic (exact) mass is 192 g/mol. The van der Waals surface area contributed by atoms with Gasteiger partial charge in [0.05, 0.1) is 0 Å². The fraction of sp³-hybridized carbons (Fsp3) is 0.500.